The van der Waals surface area contributed by atoms with Crippen LogP contribution < -0.4 is 10.4 Å². The Morgan fingerprint density at radius 1 is 0.944 bits per heavy atom. The van der Waals surface area contributed by atoms with E-state index in [2.05, 4.69) is 65.0 Å². The van der Waals surface area contributed by atoms with Crippen LogP contribution in [0.25, 0.3) is 0 Å². The van der Waals surface area contributed by atoms with Crippen molar-refractivity contribution in [3.63, 3.8) is 0 Å². The summed E-state index contributed by atoms with van der Waals surface area (Å²) < 4.78 is 0. The van der Waals surface area contributed by atoms with Crippen molar-refractivity contribution in [2.75, 3.05) is 5.01 Å². The summed E-state index contributed by atoms with van der Waals surface area (Å²) >= 11 is 0. The van der Waals surface area contributed by atoms with Gasteiger partial charge in [0.15, 0.2) is 0 Å². The number of fused-ring (bicyclic) bond motifs is 3. The molecule has 1 fully saturated rings. The predicted octanol–water partition coefficient (Wildman–Crippen LogP) is 3.07. The lowest BCUT2D eigenvalue weighted by Crippen LogP contribution is -2.34. The van der Waals surface area contributed by atoms with E-state index in [1.54, 1.807) is 0 Å². The molecule has 0 amide bonds. The zero-order chi connectivity index (χ0) is 11.9. The molecular weight excluding hydrogens is 220 g/mol. The maximum atomic E-state index is 3.66. The van der Waals surface area contributed by atoms with E-state index in [-0.39, 0.29) is 0 Å². The van der Waals surface area contributed by atoms with Crippen molar-refractivity contribution in [3.05, 3.63) is 65.7 Å². The van der Waals surface area contributed by atoms with Crippen LogP contribution in [0.1, 0.15) is 23.6 Å². The molecule has 2 heterocycles. The van der Waals surface area contributed by atoms with Gasteiger partial charge in [0, 0.05) is 0 Å². The Bertz CT molecular complexity index is 564. The van der Waals surface area contributed by atoms with Gasteiger partial charge in [0.05, 0.1) is 17.8 Å². The van der Waals surface area contributed by atoms with Gasteiger partial charge in [-0.25, -0.2) is 5.43 Å². The zero-order valence-electron chi connectivity index (χ0n) is 10.2. The third-order valence-electron chi connectivity index (χ3n) is 4.08. The van der Waals surface area contributed by atoms with Crippen LogP contribution in [-0.4, -0.2) is 6.04 Å². The fourth-order valence-corrected chi connectivity index (χ4v) is 3.21. The molecule has 0 bridgehead atoms. The largest absolute Gasteiger partial charge is 0.304 e. The number of hydrogen-bond donors (Lipinski definition) is 1. The molecule has 4 rings (SSSR count). The molecule has 2 heteroatoms. The molecule has 1 N–H and O–H groups in total. The minimum Gasteiger partial charge on any atom is -0.304 e. The zero-order valence-corrected chi connectivity index (χ0v) is 10.2. The summed E-state index contributed by atoms with van der Waals surface area (Å²) in [5, 5.41) is 2.37. The standard InChI is InChI=1S/C16H16N2/c1-2-6-12(7-3-1)15-11-14-10-13-8-4-5-9-16(13)18(14)17-15/h1-9,14-15,17H,10-11H2/t14-,15-/m0/s1. The van der Waals surface area contributed by atoms with Crippen molar-refractivity contribution in [3.8, 4) is 0 Å². The number of nitrogens with one attached hydrogen (secondary N) is 1. The number of hydrogen-bond acceptors (Lipinski definition) is 2. The van der Waals surface area contributed by atoms with Crippen molar-refractivity contribution >= 4 is 5.69 Å². The van der Waals surface area contributed by atoms with Gasteiger partial charge in [0.1, 0.15) is 0 Å². The summed E-state index contributed by atoms with van der Waals surface area (Å²) in [6.07, 6.45) is 2.37. The monoisotopic (exact) mass is 236 g/mol. The number of anilines is 1. The summed E-state index contributed by atoms with van der Waals surface area (Å²) in [5.74, 6) is 0. The lowest BCUT2D eigenvalue weighted by atomic mass is 9.99. The van der Waals surface area contributed by atoms with Crippen LogP contribution in [0.3, 0.4) is 0 Å². The molecule has 2 atom stereocenters. The van der Waals surface area contributed by atoms with Crippen LogP contribution in [0.2, 0.25) is 0 Å². The molecule has 0 aromatic heterocycles. The minimum atomic E-state index is 0.463. The second kappa shape index (κ2) is 3.85. The third kappa shape index (κ3) is 1.46. The van der Waals surface area contributed by atoms with Gasteiger partial charge in [0.2, 0.25) is 0 Å². The van der Waals surface area contributed by atoms with E-state index in [1.807, 2.05) is 0 Å². The minimum absolute atomic E-state index is 0.463. The number of hydrazine groups is 1. The Balaban J connectivity index is 1.64. The van der Waals surface area contributed by atoms with E-state index in [9.17, 15) is 0 Å². The molecule has 0 radical (unpaired) electrons. The van der Waals surface area contributed by atoms with E-state index >= 15 is 0 Å². The second-order valence-corrected chi connectivity index (χ2v) is 5.18. The molecule has 2 aliphatic rings. The summed E-state index contributed by atoms with van der Waals surface area (Å²) in [5.41, 5.74) is 7.89. The summed E-state index contributed by atoms with van der Waals surface area (Å²) in [6.45, 7) is 0. The fraction of sp³-hybridized carbons (Fsp3) is 0.250. The first kappa shape index (κ1) is 10.2. The number of para-hydroxylation sites is 1. The van der Waals surface area contributed by atoms with Crippen molar-refractivity contribution in [2.45, 2.75) is 24.9 Å². The lowest BCUT2D eigenvalue weighted by Gasteiger charge is -2.20. The highest BCUT2D eigenvalue weighted by molar-refractivity contribution is 5.59. The Morgan fingerprint density at radius 2 is 1.72 bits per heavy atom. The highest BCUT2D eigenvalue weighted by atomic mass is 15.6. The second-order valence-electron chi connectivity index (χ2n) is 5.18. The molecule has 0 unspecified atom stereocenters. The molecule has 0 saturated carbocycles. The van der Waals surface area contributed by atoms with E-state index in [0.29, 0.717) is 12.1 Å². The van der Waals surface area contributed by atoms with E-state index in [4.69, 9.17) is 0 Å². The summed E-state index contributed by atoms with van der Waals surface area (Å²) in [6, 6.07) is 20.5. The Hall–Kier alpha value is -1.80. The summed E-state index contributed by atoms with van der Waals surface area (Å²) in [7, 11) is 0. The van der Waals surface area contributed by atoms with Crippen LogP contribution >= 0.6 is 0 Å². The van der Waals surface area contributed by atoms with Crippen molar-refractivity contribution in [2.24, 2.45) is 0 Å². The molecule has 2 aromatic rings. The van der Waals surface area contributed by atoms with Crippen LogP contribution in [0.4, 0.5) is 5.69 Å². The molecule has 2 nitrogen and oxygen atoms in total. The molecule has 90 valence electrons. The van der Waals surface area contributed by atoms with Crippen LogP contribution in [-0.2, 0) is 6.42 Å². The molecule has 0 aliphatic carbocycles. The third-order valence-corrected chi connectivity index (χ3v) is 4.08. The first-order valence-corrected chi connectivity index (χ1v) is 6.60. The maximum absolute atomic E-state index is 3.66. The van der Waals surface area contributed by atoms with Gasteiger partial charge in [-0.1, -0.05) is 48.5 Å². The molecule has 0 spiro atoms. The number of rotatable bonds is 1. The van der Waals surface area contributed by atoms with E-state index < -0.39 is 0 Å². The smallest absolute Gasteiger partial charge is 0.0556 e. The van der Waals surface area contributed by atoms with Crippen molar-refractivity contribution in [1.29, 1.82) is 0 Å². The van der Waals surface area contributed by atoms with Gasteiger partial charge in [-0.05, 0) is 30.0 Å². The van der Waals surface area contributed by atoms with Gasteiger partial charge < -0.3 is 5.01 Å². The first-order chi connectivity index (χ1) is 8.92. The van der Waals surface area contributed by atoms with E-state index in [1.165, 1.54) is 29.7 Å². The fourth-order valence-electron chi connectivity index (χ4n) is 3.21. The van der Waals surface area contributed by atoms with Gasteiger partial charge in [-0.3, -0.25) is 0 Å². The Labute approximate surface area is 107 Å². The van der Waals surface area contributed by atoms with Gasteiger partial charge >= 0.3 is 0 Å². The first-order valence-electron chi connectivity index (χ1n) is 6.60. The predicted molar refractivity (Wildman–Crippen MR) is 73.3 cm³/mol. The van der Waals surface area contributed by atoms with Crippen molar-refractivity contribution < 1.29 is 0 Å². The SMILES string of the molecule is c1ccc([C@@H]2C[C@@H]3Cc4ccccc4N3N2)cc1. The van der Waals surface area contributed by atoms with E-state index in [0.717, 1.165) is 0 Å². The van der Waals surface area contributed by atoms with Gasteiger partial charge in [-0.15, -0.1) is 0 Å². The quantitative estimate of drug-likeness (QED) is 0.818. The Morgan fingerprint density at radius 3 is 2.61 bits per heavy atom. The topological polar surface area (TPSA) is 15.3 Å². The Kier molecular flexibility index (Phi) is 2.17. The average molecular weight is 236 g/mol. The number of benzene rings is 2. The highest BCUT2D eigenvalue weighted by Crippen LogP contribution is 2.39. The number of nitrogens with zero attached hydrogens (tertiary/aromatic N) is 1. The normalized spacial score (nSPS) is 25.0. The van der Waals surface area contributed by atoms with Crippen LogP contribution in [0, 0.1) is 0 Å². The van der Waals surface area contributed by atoms with Crippen molar-refractivity contribution in [1.82, 2.24) is 5.43 Å². The highest BCUT2D eigenvalue weighted by Gasteiger charge is 2.38. The van der Waals surface area contributed by atoms with Gasteiger partial charge in [-0.2, -0.15) is 0 Å². The van der Waals surface area contributed by atoms with Crippen LogP contribution in [0.5, 0.6) is 0 Å². The van der Waals surface area contributed by atoms with Gasteiger partial charge in [0.25, 0.3) is 0 Å². The summed E-state index contributed by atoms with van der Waals surface area (Å²) in [4.78, 5) is 0. The molecule has 18 heavy (non-hydrogen) atoms. The molecule has 2 aliphatic heterocycles. The maximum Gasteiger partial charge on any atom is 0.0556 e. The lowest BCUT2D eigenvalue weighted by molar-refractivity contribution is 0.624. The molecule has 1 saturated heterocycles. The van der Waals surface area contributed by atoms with Crippen LogP contribution in [0.15, 0.2) is 54.6 Å². The molecule has 2 aromatic carbocycles. The average Bonchev–Trinajstić information content (AvgIpc) is 2.97. The molecular formula is C16H16N2.